The summed E-state index contributed by atoms with van der Waals surface area (Å²) in [6, 6.07) is 17.8. The van der Waals surface area contributed by atoms with Crippen LogP contribution in [0.1, 0.15) is 21.6 Å². The minimum Gasteiger partial charge on any atom is -0.298 e. The Labute approximate surface area is 153 Å². The predicted molar refractivity (Wildman–Crippen MR) is 102 cm³/mol. The zero-order chi connectivity index (χ0) is 16.7. The summed E-state index contributed by atoms with van der Waals surface area (Å²) in [4.78, 5) is 19.6. The monoisotopic (exact) mass is 396 g/mol. The predicted octanol–water partition coefficient (Wildman–Crippen LogP) is 4.37. The van der Waals surface area contributed by atoms with E-state index in [1.54, 1.807) is 4.90 Å². The summed E-state index contributed by atoms with van der Waals surface area (Å²) >= 11 is 8.93. The maximum Gasteiger partial charge on any atom is 0.260 e. The summed E-state index contributed by atoms with van der Waals surface area (Å²) < 4.78 is 0.790. The summed E-state index contributed by atoms with van der Waals surface area (Å²) in [5.41, 5.74) is 3.42. The highest BCUT2D eigenvalue weighted by Gasteiger charge is 2.33. The first-order valence-corrected chi connectivity index (χ1v) is 8.84. The van der Waals surface area contributed by atoms with Gasteiger partial charge in [0, 0.05) is 34.1 Å². The van der Waals surface area contributed by atoms with E-state index in [-0.39, 0.29) is 5.91 Å². The van der Waals surface area contributed by atoms with E-state index in [0.29, 0.717) is 23.5 Å². The van der Waals surface area contributed by atoms with Gasteiger partial charge in [0.1, 0.15) is 4.99 Å². The van der Waals surface area contributed by atoms with Gasteiger partial charge in [0.2, 0.25) is 0 Å². The zero-order valence-corrected chi connectivity index (χ0v) is 15.1. The maximum atomic E-state index is 12.6. The smallest absolute Gasteiger partial charge is 0.260 e. The fourth-order valence-electron chi connectivity index (χ4n) is 2.97. The Hall–Kier alpha value is -2.11. The van der Waals surface area contributed by atoms with Crippen LogP contribution in [0.25, 0.3) is 10.9 Å². The van der Waals surface area contributed by atoms with Crippen LogP contribution < -0.4 is 0 Å². The molecule has 0 radical (unpaired) electrons. The molecule has 0 bridgehead atoms. The molecule has 0 unspecified atom stereocenters. The number of amides is 1. The number of hydrogen-bond donors (Lipinski definition) is 0. The second kappa shape index (κ2) is 6.07. The van der Waals surface area contributed by atoms with Crippen LogP contribution >= 0.6 is 28.1 Å². The topological polar surface area (TPSA) is 33.2 Å². The van der Waals surface area contributed by atoms with Crippen LogP contribution in [-0.2, 0) is 6.42 Å². The molecule has 1 aliphatic heterocycles. The third kappa shape index (κ3) is 2.54. The van der Waals surface area contributed by atoms with Crippen LogP contribution in [0.4, 0.5) is 0 Å². The number of aromatic nitrogens is 1. The van der Waals surface area contributed by atoms with Crippen molar-refractivity contribution in [3.63, 3.8) is 0 Å². The van der Waals surface area contributed by atoms with Crippen molar-refractivity contribution in [2.24, 2.45) is 0 Å². The number of hydrogen-bond acceptors (Lipinski definition) is 3. The molecule has 3 aromatic rings. The molecule has 0 saturated heterocycles. The van der Waals surface area contributed by atoms with E-state index < -0.39 is 0 Å². The molecule has 1 aliphatic rings. The first kappa shape index (κ1) is 15.4. The van der Waals surface area contributed by atoms with Crippen LogP contribution in [0.2, 0.25) is 0 Å². The molecule has 0 aliphatic carbocycles. The number of nitrogens with zero attached hydrogens (tertiary/aromatic N) is 2. The van der Waals surface area contributed by atoms with Gasteiger partial charge in [-0.3, -0.25) is 14.7 Å². The lowest BCUT2D eigenvalue weighted by Crippen LogP contribution is -2.31. The Bertz CT molecular complexity index is 986. The Morgan fingerprint density at radius 3 is 2.71 bits per heavy atom. The number of fused-ring (bicyclic) bond motifs is 2. The fraction of sp³-hybridized carbons (Fsp3) is 0.105. The lowest BCUT2D eigenvalue weighted by Gasteiger charge is -2.15. The number of benzene rings is 2. The molecule has 5 heteroatoms. The standard InChI is InChI=1S/C19H13BrN2OS/c20-15-6-3-5-14-17(15)18(23)22(19(14)24)11-10-13-9-8-12-4-1-2-7-16(12)21-13/h1-9H,10-11H2. The van der Waals surface area contributed by atoms with Gasteiger partial charge in [-0.15, -0.1) is 0 Å². The number of pyridine rings is 1. The van der Waals surface area contributed by atoms with Crippen molar-refractivity contribution in [3.8, 4) is 0 Å². The number of carbonyl (C=O) groups is 1. The highest BCUT2D eigenvalue weighted by atomic mass is 79.9. The highest BCUT2D eigenvalue weighted by Crippen LogP contribution is 2.30. The van der Waals surface area contributed by atoms with Crippen molar-refractivity contribution in [1.82, 2.24) is 9.88 Å². The Morgan fingerprint density at radius 1 is 1.04 bits per heavy atom. The number of thiocarbonyl (C=S) groups is 1. The van der Waals surface area contributed by atoms with Gasteiger partial charge in [0.05, 0.1) is 11.1 Å². The first-order chi connectivity index (χ1) is 11.6. The summed E-state index contributed by atoms with van der Waals surface area (Å²) in [5, 5.41) is 1.12. The molecule has 0 fully saturated rings. The highest BCUT2D eigenvalue weighted by molar-refractivity contribution is 9.10. The quantitative estimate of drug-likeness (QED) is 0.616. The van der Waals surface area contributed by atoms with Crippen molar-refractivity contribution < 1.29 is 4.79 Å². The summed E-state index contributed by atoms with van der Waals surface area (Å²) in [6.45, 7) is 0.532. The Balaban J connectivity index is 1.57. The Kier molecular flexibility index (Phi) is 3.90. The molecule has 1 aromatic heterocycles. The molecule has 24 heavy (non-hydrogen) atoms. The number of para-hydroxylation sites is 1. The van der Waals surface area contributed by atoms with Gasteiger partial charge in [-0.1, -0.05) is 48.6 Å². The number of carbonyl (C=O) groups excluding carboxylic acids is 1. The van der Waals surface area contributed by atoms with E-state index in [1.807, 2.05) is 48.5 Å². The van der Waals surface area contributed by atoms with Gasteiger partial charge in [-0.2, -0.15) is 0 Å². The van der Waals surface area contributed by atoms with Gasteiger partial charge >= 0.3 is 0 Å². The summed E-state index contributed by atoms with van der Waals surface area (Å²) in [5.74, 6) is -0.0386. The molecular formula is C19H13BrN2OS. The van der Waals surface area contributed by atoms with E-state index in [2.05, 4.69) is 27.0 Å². The first-order valence-electron chi connectivity index (χ1n) is 7.64. The lowest BCUT2D eigenvalue weighted by atomic mass is 10.1. The second-order valence-electron chi connectivity index (χ2n) is 5.67. The molecule has 2 heterocycles. The third-order valence-corrected chi connectivity index (χ3v) is 5.30. The number of rotatable bonds is 3. The van der Waals surface area contributed by atoms with E-state index in [1.165, 1.54) is 0 Å². The van der Waals surface area contributed by atoms with Crippen molar-refractivity contribution in [1.29, 1.82) is 0 Å². The average molecular weight is 397 g/mol. The lowest BCUT2D eigenvalue weighted by molar-refractivity contribution is 0.0862. The van der Waals surface area contributed by atoms with E-state index in [0.717, 1.165) is 26.6 Å². The van der Waals surface area contributed by atoms with Crippen molar-refractivity contribution in [2.45, 2.75) is 6.42 Å². The van der Waals surface area contributed by atoms with Crippen molar-refractivity contribution in [2.75, 3.05) is 6.54 Å². The van der Waals surface area contributed by atoms with Crippen LogP contribution in [-0.4, -0.2) is 27.3 Å². The van der Waals surface area contributed by atoms with Gasteiger partial charge in [0.15, 0.2) is 0 Å². The van der Waals surface area contributed by atoms with Crippen LogP contribution in [0, 0.1) is 0 Å². The van der Waals surface area contributed by atoms with Crippen molar-refractivity contribution >= 4 is 49.9 Å². The molecule has 4 rings (SSSR count). The normalized spacial score (nSPS) is 13.6. The molecule has 118 valence electrons. The van der Waals surface area contributed by atoms with Gasteiger partial charge in [0.25, 0.3) is 5.91 Å². The Morgan fingerprint density at radius 2 is 1.88 bits per heavy atom. The van der Waals surface area contributed by atoms with Crippen LogP contribution in [0.15, 0.2) is 59.1 Å². The fourth-order valence-corrected chi connectivity index (χ4v) is 3.85. The second-order valence-corrected chi connectivity index (χ2v) is 6.91. The maximum absolute atomic E-state index is 12.6. The molecule has 0 spiro atoms. The van der Waals surface area contributed by atoms with E-state index in [9.17, 15) is 4.79 Å². The zero-order valence-electron chi connectivity index (χ0n) is 12.7. The molecule has 0 saturated carbocycles. The largest absolute Gasteiger partial charge is 0.298 e. The molecule has 1 amide bonds. The van der Waals surface area contributed by atoms with Crippen LogP contribution in [0.3, 0.4) is 0 Å². The third-order valence-electron chi connectivity index (χ3n) is 4.20. The van der Waals surface area contributed by atoms with Gasteiger partial charge < -0.3 is 0 Å². The molecule has 2 aromatic carbocycles. The molecule has 3 nitrogen and oxygen atoms in total. The minimum absolute atomic E-state index is 0.0386. The molecule has 0 atom stereocenters. The summed E-state index contributed by atoms with van der Waals surface area (Å²) in [7, 11) is 0. The van der Waals surface area contributed by atoms with E-state index in [4.69, 9.17) is 12.2 Å². The average Bonchev–Trinajstić information content (AvgIpc) is 2.85. The number of halogens is 1. The van der Waals surface area contributed by atoms with E-state index >= 15 is 0 Å². The SMILES string of the molecule is O=C1c2c(Br)cccc2C(=S)N1CCc1ccc2ccccc2n1. The molecule has 0 N–H and O–H groups in total. The van der Waals surface area contributed by atoms with Gasteiger partial charge in [-0.05, 0) is 34.1 Å². The molecular weight excluding hydrogens is 384 g/mol. The summed E-state index contributed by atoms with van der Waals surface area (Å²) in [6.07, 6.45) is 0.669. The van der Waals surface area contributed by atoms with Crippen molar-refractivity contribution in [3.05, 3.63) is 75.9 Å². The minimum atomic E-state index is -0.0386. The van der Waals surface area contributed by atoms with Crippen LogP contribution in [0.5, 0.6) is 0 Å². The van der Waals surface area contributed by atoms with Gasteiger partial charge in [-0.25, -0.2) is 0 Å².